The summed E-state index contributed by atoms with van der Waals surface area (Å²) in [6.07, 6.45) is 5.04. The van der Waals surface area contributed by atoms with Gasteiger partial charge in [0, 0.05) is 11.1 Å². The van der Waals surface area contributed by atoms with E-state index >= 15 is 0 Å². The molecule has 4 aromatic rings. The second-order valence-electron chi connectivity index (χ2n) is 13.6. The van der Waals surface area contributed by atoms with Gasteiger partial charge in [0.1, 0.15) is 0 Å². The minimum absolute atomic E-state index is 0.495. The van der Waals surface area contributed by atoms with Gasteiger partial charge in [0.15, 0.2) is 0 Å². The van der Waals surface area contributed by atoms with Crippen LogP contribution in [0.2, 0.25) is 13.1 Å². The molecule has 0 nitrogen and oxygen atoms in total. The summed E-state index contributed by atoms with van der Waals surface area (Å²) in [4.78, 5) is 0. The third kappa shape index (κ3) is 4.32. The average Bonchev–Trinajstić information content (AvgIpc) is 3.40. The predicted molar refractivity (Wildman–Crippen MR) is 182 cm³/mol. The number of fused-ring (bicyclic) bond motifs is 2. The van der Waals surface area contributed by atoms with E-state index in [1.54, 1.807) is 11.1 Å². The molecule has 0 radical (unpaired) electrons. The summed E-state index contributed by atoms with van der Waals surface area (Å²) in [5, 5.41) is 0. The van der Waals surface area contributed by atoms with Gasteiger partial charge in [-0.15, -0.1) is 0 Å². The van der Waals surface area contributed by atoms with Crippen LogP contribution in [0.5, 0.6) is 0 Å². The smallest absolute Gasteiger partial charge is 0.0679 e. The van der Waals surface area contributed by atoms with Crippen molar-refractivity contribution in [2.45, 2.75) is 79.6 Å². The zero-order valence-corrected chi connectivity index (χ0v) is 27.6. The third-order valence-electron chi connectivity index (χ3n) is 9.94. The van der Waals surface area contributed by atoms with Crippen molar-refractivity contribution >= 4 is 20.2 Å². The quantitative estimate of drug-likeness (QED) is 0.221. The maximum Gasteiger partial charge on any atom is 0.0722 e. The van der Waals surface area contributed by atoms with Gasteiger partial charge in [0.05, 0.1) is 8.07 Å². The number of hydrogen-bond acceptors (Lipinski definition) is 0. The Morgan fingerprint density at radius 1 is 0.488 bits per heavy atom. The highest BCUT2D eigenvalue weighted by atomic mass is 28.3. The van der Waals surface area contributed by atoms with E-state index in [0.717, 1.165) is 0 Å². The molecule has 0 saturated carbocycles. The molecule has 0 aromatic heterocycles. The number of rotatable bonds is 4. The van der Waals surface area contributed by atoms with E-state index in [1.165, 1.54) is 77.9 Å². The maximum atomic E-state index is 2.64. The summed E-state index contributed by atoms with van der Waals surface area (Å²) in [6, 6.07) is 23.5. The van der Waals surface area contributed by atoms with Crippen LogP contribution in [0, 0.1) is 41.5 Å². The zero-order chi connectivity index (χ0) is 29.4. The van der Waals surface area contributed by atoms with Crippen LogP contribution in [0.4, 0.5) is 0 Å². The van der Waals surface area contributed by atoms with Crippen LogP contribution in [-0.2, 0) is 0 Å². The molecular formula is C40H44Si. The van der Waals surface area contributed by atoms with Gasteiger partial charge in [-0.2, -0.15) is 0 Å². The molecule has 2 aliphatic rings. The van der Waals surface area contributed by atoms with E-state index < -0.39 is 8.07 Å². The minimum atomic E-state index is -1.92. The second-order valence-corrected chi connectivity index (χ2v) is 18.4. The van der Waals surface area contributed by atoms with E-state index in [9.17, 15) is 0 Å². The second kappa shape index (κ2) is 9.84. The fraction of sp³-hybridized carbons (Fsp3) is 0.300. The van der Waals surface area contributed by atoms with Crippen LogP contribution in [0.3, 0.4) is 0 Å². The van der Waals surface area contributed by atoms with Crippen LogP contribution in [-0.4, -0.2) is 8.07 Å². The number of allylic oxidation sites excluding steroid dienone is 2. The molecule has 0 aliphatic heterocycles. The molecule has 1 heteroatoms. The fourth-order valence-electron chi connectivity index (χ4n) is 8.89. The molecule has 4 aromatic carbocycles. The van der Waals surface area contributed by atoms with Crippen molar-refractivity contribution in [2.75, 3.05) is 0 Å². The monoisotopic (exact) mass is 552 g/mol. The standard InChI is InChI=1S/C40H44Si/c1-23-17-25(3)37(26(4)18-23)31-13-11-15-33-35(31)21-29(7)39(33)41(9,10)40-30(8)22-36-32(14-12-16-34(36)40)38-27(5)19-24(2)20-28(38)6/h11-22,39-40H,1-10H3. The van der Waals surface area contributed by atoms with Gasteiger partial charge in [-0.05, 0) is 122 Å². The highest BCUT2D eigenvalue weighted by Gasteiger charge is 2.47. The van der Waals surface area contributed by atoms with Crippen molar-refractivity contribution in [3.8, 4) is 22.3 Å². The summed E-state index contributed by atoms with van der Waals surface area (Å²) in [5.74, 6) is 0. The highest BCUT2D eigenvalue weighted by molar-refractivity contribution is 6.81. The molecule has 0 saturated heterocycles. The molecule has 208 valence electrons. The summed E-state index contributed by atoms with van der Waals surface area (Å²) >= 11 is 0. The van der Waals surface area contributed by atoms with Crippen LogP contribution in [0.15, 0.2) is 71.8 Å². The number of aryl methyl sites for hydroxylation is 6. The van der Waals surface area contributed by atoms with Gasteiger partial charge in [-0.1, -0.05) is 108 Å². The van der Waals surface area contributed by atoms with E-state index in [-0.39, 0.29) is 0 Å². The number of hydrogen-bond donors (Lipinski definition) is 0. The Hall–Kier alpha value is -3.42. The first-order valence-electron chi connectivity index (χ1n) is 15.2. The van der Waals surface area contributed by atoms with Crippen molar-refractivity contribution in [1.82, 2.24) is 0 Å². The van der Waals surface area contributed by atoms with Crippen LogP contribution < -0.4 is 0 Å². The lowest BCUT2D eigenvalue weighted by Crippen LogP contribution is -2.42. The topological polar surface area (TPSA) is 0 Å². The maximum absolute atomic E-state index is 2.64. The predicted octanol–water partition coefficient (Wildman–Crippen LogP) is 11.4. The molecule has 2 aliphatic carbocycles. The van der Waals surface area contributed by atoms with Gasteiger partial charge >= 0.3 is 0 Å². The van der Waals surface area contributed by atoms with Crippen molar-refractivity contribution in [1.29, 1.82) is 0 Å². The van der Waals surface area contributed by atoms with Crippen LogP contribution >= 0.6 is 0 Å². The molecule has 0 fully saturated rings. The van der Waals surface area contributed by atoms with E-state index in [0.29, 0.717) is 11.1 Å². The summed E-state index contributed by atoms with van der Waals surface area (Å²) in [7, 11) is -1.92. The van der Waals surface area contributed by atoms with Gasteiger partial charge in [0.25, 0.3) is 0 Å². The van der Waals surface area contributed by atoms with Crippen molar-refractivity contribution in [3.05, 3.63) is 127 Å². The third-order valence-corrected chi connectivity index (χ3v) is 14.4. The molecule has 6 rings (SSSR count). The lowest BCUT2D eigenvalue weighted by molar-refractivity contribution is 0.968. The Balaban J connectivity index is 1.47. The van der Waals surface area contributed by atoms with Gasteiger partial charge in [-0.3, -0.25) is 0 Å². The Morgan fingerprint density at radius 3 is 1.17 bits per heavy atom. The zero-order valence-electron chi connectivity index (χ0n) is 26.6. The molecule has 0 amide bonds. The largest absolute Gasteiger partial charge is 0.0722 e. The average molecular weight is 553 g/mol. The Bertz CT molecular complexity index is 1610. The Kier molecular flexibility index (Phi) is 6.66. The Morgan fingerprint density at radius 2 is 0.829 bits per heavy atom. The van der Waals surface area contributed by atoms with Crippen molar-refractivity contribution < 1.29 is 0 Å². The molecule has 0 bridgehead atoms. The van der Waals surface area contributed by atoms with Gasteiger partial charge in [-0.25, -0.2) is 0 Å². The van der Waals surface area contributed by atoms with Crippen LogP contribution in [0.25, 0.3) is 34.4 Å². The molecular weight excluding hydrogens is 509 g/mol. The van der Waals surface area contributed by atoms with E-state index in [1.807, 2.05) is 0 Å². The van der Waals surface area contributed by atoms with Crippen molar-refractivity contribution in [3.63, 3.8) is 0 Å². The normalized spacial score (nSPS) is 17.8. The molecule has 0 spiro atoms. The molecule has 2 unspecified atom stereocenters. The number of benzene rings is 4. The molecule has 41 heavy (non-hydrogen) atoms. The first kappa shape index (κ1) is 27.7. The molecule has 2 atom stereocenters. The minimum Gasteiger partial charge on any atom is -0.0679 e. The molecule has 0 N–H and O–H groups in total. The fourth-order valence-corrected chi connectivity index (χ4v) is 13.8. The van der Waals surface area contributed by atoms with E-state index in [2.05, 4.69) is 141 Å². The van der Waals surface area contributed by atoms with Gasteiger partial charge < -0.3 is 0 Å². The SMILES string of the molecule is CC1=Cc2c(-c3c(C)cc(C)cc3C)cccc2C1[Si](C)(C)C1C(C)=Cc2c(-c3c(C)cc(C)cc3C)cccc21. The summed E-state index contributed by atoms with van der Waals surface area (Å²) < 4.78 is 0. The lowest BCUT2D eigenvalue weighted by Gasteiger charge is -2.39. The van der Waals surface area contributed by atoms with Crippen molar-refractivity contribution in [2.24, 2.45) is 0 Å². The summed E-state index contributed by atoms with van der Waals surface area (Å²) in [6.45, 7) is 23.6. The summed E-state index contributed by atoms with van der Waals surface area (Å²) in [5.41, 5.74) is 23.8. The molecule has 0 heterocycles. The highest BCUT2D eigenvalue weighted by Crippen LogP contribution is 2.54. The van der Waals surface area contributed by atoms with Gasteiger partial charge in [0.2, 0.25) is 0 Å². The lowest BCUT2D eigenvalue weighted by atomic mass is 9.90. The van der Waals surface area contributed by atoms with Crippen LogP contribution in [0.1, 0.15) is 80.6 Å². The first-order chi connectivity index (χ1) is 19.4. The first-order valence-corrected chi connectivity index (χ1v) is 18.3. The Labute approximate surface area is 248 Å². The van der Waals surface area contributed by atoms with E-state index in [4.69, 9.17) is 0 Å².